The van der Waals surface area contributed by atoms with E-state index < -0.39 is 0 Å². The second-order valence-electron chi connectivity index (χ2n) is 6.01. The van der Waals surface area contributed by atoms with E-state index in [9.17, 15) is 0 Å². The molecule has 0 bridgehead atoms. The lowest BCUT2D eigenvalue weighted by Crippen LogP contribution is -2.31. The highest BCUT2D eigenvalue weighted by Crippen LogP contribution is 2.30. The first-order valence-electron chi connectivity index (χ1n) is 8.02. The van der Waals surface area contributed by atoms with Crippen LogP contribution in [0.3, 0.4) is 0 Å². The van der Waals surface area contributed by atoms with Crippen LogP contribution in [0.25, 0.3) is 0 Å². The fraction of sp³-hybridized carbons (Fsp3) is 0.529. The van der Waals surface area contributed by atoms with Crippen LogP contribution in [0.4, 0.5) is 0 Å². The summed E-state index contributed by atoms with van der Waals surface area (Å²) in [5.41, 5.74) is 2.23. The molecule has 124 valence electrons. The molecule has 0 aliphatic carbocycles. The molecule has 1 atom stereocenters. The van der Waals surface area contributed by atoms with Gasteiger partial charge in [0.1, 0.15) is 5.75 Å². The second-order valence-corrected chi connectivity index (χ2v) is 6.92. The topological polar surface area (TPSA) is 43.2 Å². The van der Waals surface area contributed by atoms with Crippen LogP contribution in [0.1, 0.15) is 24.1 Å². The van der Waals surface area contributed by atoms with Crippen LogP contribution < -0.4 is 4.74 Å². The van der Waals surface area contributed by atoms with Crippen molar-refractivity contribution in [3.8, 4) is 11.6 Å². The SMILES string of the molecule is CSCC1CCCN1Cc1c(C)nn(C)c1Oc1cccnc1. The Morgan fingerprint density at radius 1 is 1.43 bits per heavy atom. The molecule has 0 radical (unpaired) electrons. The van der Waals surface area contributed by atoms with Crippen LogP contribution in [-0.4, -0.2) is 44.3 Å². The molecule has 1 fully saturated rings. The van der Waals surface area contributed by atoms with E-state index in [0.717, 1.165) is 30.4 Å². The number of ether oxygens (including phenoxy) is 1. The van der Waals surface area contributed by atoms with E-state index in [-0.39, 0.29) is 0 Å². The molecule has 1 unspecified atom stereocenters. The molecule has 0 saturated carbocycles. The lowest BCUT2D eigenvalue weighted by molar-refractivity contribution is 0.259. The summed E-state index contributed by atoms with van der Waals surface area (Å²) in [5.74, 6) is 2.77. The number of rotatable bonds is 6. The van der Waals surface area contributed by atoms with E-state index in [4.69, 9.17) is 4.74 Å². The number of pyridine rings is 1. The molecular formula is C17H24N4OS. The van der Waals surface area contributed by atoms with Crippen molar-refractivity contribution in [2.24, 2.45) is 7.05 Å². The number of likely N-dealkylation sites (tertiary alicyclic amines) is 1. The van der Waals surface area contributed by atoms with Crippen LogP contribution in [0, 0.1) is 6.92 Å². The number of aromatic nitrogens is 3. The Morgan fingerprint density at radius 2 is 2.30 bits per heavy atom. The zero-order valence-corrected chi connectivity index (χ0v) is 14.8. The van der Waals surface area contributed by atoms with Gasteiger partial charge in [0, 0.05) is 31.6 Å². The summed E-state index contributed by atoms with van der Waals surface area (Å²) in [6.45, 7) is 4.12. The summed E-state index contributed by atoms with van der Waals surface area (Å²) in [6.07, 6.45) is 8.24. The highest BCUT2D eigenvalue weighted by atomic mass is 32.2. The number of hydrogen-bond donors (Lipinski definition) is 0. The third kappa shape index (κ3) is 3.70. The molecular weight excluding hydrogens is 308 g/mol. The van der Waals surface area contributed by atoms with Crippen LogP contribution in [0.15, 0.2) is 24.5 Å². The van der Waals surface area contributed by atoms with E-state index in [1.807, 2.05) is 35.6 Å². The van der Waals surface area contributed by atoms with Gasteiger partial charge < -0.3 is 4.74 Å². The first kappa shape index (κ1) is 16.3. The summed E-state index contributed by atoms with van der Waals surface area (Å²) < 4.78 is 7.90. The van der Waals surface area contributed by atoms with Crippen molar-refractivity contribution in [2.45, 2.75) is 32.4 Å². The molecule has 3 rings (SSSR count). The van der Waals surface area contributed by atoms with E-state index in [1.54, 1.807) is 12.4 Å². The smallest absolute Gasteiger partial charge is 0.222 e. The molecule has 5 nitrogen and oxygen atoms in total. The maximum absolute atomic E-state index is 6.07. The number of nitrogens with zero attached hydrogens (tertiary/aromatic N) is 4. The molecule has 1 saturated heterocycles. The molecule has 0 aromatic carbocycles. The minimum absolute atomic E-state index is 0.663. The standard InChI is InChI=1S/C17H24N4OS/c1-13-16(11-21-9-5-6-14(21)12-23-3)17(20(2)19-13)22-15-7-4-8-18-10-15/h4,7-8,10,14H,5-6,9,11-12H2,1-3H3. The fourth-order valence-electron chi connectivity index (χ4n) is 3.20. The van der Waals surface area contributed by atoms with Gasteiger partial charge in [-0.25, -0.2) is 4.68 Å². The average Bonchev–Trinajstić information content (AvgIpc) is 3.08. The van der Waals surface area contributed by atoms with Gasteiger partial charge in [-0.1, -0.05) is 0 Å². The lowest BCUT2D eigenvalue weighted by Gasteiger charge is -2.24. The number of hydrogen-bond acceptors (Lipinski definition) is 5. The molecule has 1 aliphatic heterocycles. The molecule has 2 aromatic heterocycles. The summed E-state index contributed by atoms with van der Waals surface area (Å²) in [7, 11) is 1.94. The zero-order chi connectivity index (χ0) is 16.2. The molecule has 2 aromatic rings. The Balaban J connectivity index is 1.81. The Kier molecular flexibility index (Phi) is 5.23. The maximum atomic E-state index is 6.07. The third-order valence-electron chi connectivity index (χ3n) is 4.36. The highest BCUT2D eigenvalue weighted by molar-refractivity contribution is 7.98. The van der Waals surface area contributed by atoms with Gasteiger partial charge in [-0.2, -0.15) is 16.9 Å². The van der Waals surface area contributed by atoms with Gasteiger partial charge in [0.2, 0.25) is 5.88 Å². The zero-order valence-electron chi connectivity index (χ0n) is 14.0. The van der Waals surface area contributed by atoms with Crippen LogP contribution in [-0.2, 0) is 13.6 Å². The van der Waals surface area contributed by atoms with Crippen molar-refractivity contribution in [3.05, 3.63) is 35.8 Å². The summed E-state index contributed by atoms with van der Waals surface area (Å²) >= 11 is 1.93. The minimum atomic E-state index is 0.663. The fourth-order valence-corrected chi connectivity index (χ4v) is 3.96. The number of aryl methyl sites for hydroxylation is 2. The molecule has 23 heavy (non-hydrogen) atoms. The van der Waals surface area contributed by atoms with Gasteiger partial charge in [0.05, 0.1) is 17.5 Å². The van der Waals surface area contributed by atoms with Crippen molar-refractivity contribution in [3.63, 3.8) is 0 Å². The van der Waals surface area contributed by atoms with Gasteiger partial charge in [0.15, 0.2) is 0 Å². The van der Waals surface area contributed by atoms with Crippen molar-refractivity contribution in [1.29, 1.82) is 0 Å². The van der Waals surface area contributed by atoms with Gasteiger partial charge in [-0.3, -0.25) is 9.88 Å². The van der Waals surface area contributed by atoms with Crippen molar-refractivity contribution in [1.82, 2.24) is 19.7 Å². The quantitative estimate of drug-likeness (QED) is 0.812. The first-order chi connectivity index (χ1) is 11.2. The molecule has 1 aliphatic rings. The molecule has 3 heterocycles. The first-order valence-corrected chi connectivity index (χ1v) is 9.41. The second kappa shape index (κ2) is 7.36. The van der Waals surface area contributed by atoms with E-state index >= 15 is 0 Å². The predicted octanol–water partition coefficient (Wildman–Crippen LogP) is 3.24. The number of thioether (sulfide) groups is 1. The Hall–Kier alpha value is -1.53. The molecule has 0 spiro atoms. The summed E-state index contributed by atoms with van der Waals surface area (Å²) in [4.78, 5) is 6.68. The van der Waals surface area contributed by atoms with Crippen molar-refractivity contribution in [2.75, 3.05) is 18.6 Å². The normalized spacial score (nSPS) is 18.5. The van der Waals surface area contributed by atoms with Gasteiger partial charge in [-0.15, -0.1) is 0 Å². The van der Waals surface area contributed by atoms with Crippen molar-refractivity contribution < 1.29 is 4.74 Å². The minimum Gasteiger partial charge on any atom is -0.437 e. The highest BCUT2D eigenvalue weighted by Gasteiger charge is 2.27. The largest absolute Gasteiger partial charge is 0.437 e. The summed E-state index contributed by atoms with van der Waals surface area (Å²) in [6, 6.07) is 4.47. The van der Waals surface area contributed by atoms with Crippen LogP contribution in [0.5, 0.6) is 11.6 Å². The van der Waals surface area contributed by atoms with Gasteiger partial charge in [-0.05, 0) is 44.7 Å². The monoisotopic (exact) mass is 332 g/mol. The molecule has 6 heteroatoms. The Bertz CT molecular complexity index is 644. The van der Waals surface area contributed by atoms with Crippen LogP contribution >= 0.6 is 11.8 Å². The van der Waals surface area contributed by atoms with Gasteiger partial charge in [0.25, 0.3) is 0 Å². The third-order valence-corrected chi connectivity index (χ3v) is 5.08. The lowest BCUT2D eigenvalue weighted by atomic mass is 10.2. The Morgan fingerprint density at radius 3 is 3.04 bits per heavy atom. The van der Waals surface area contributed by atoms with Crippen LogP contribution in [0.2, 0.25) is 0 Å². The van der Waals surface area contributed by atoms with Gasteiger partial charge >= 0.3 is 0 Å². The Labute approximate surface area is 142 Å². The molecule has 0 amide bonds. The maximum Gasteiger partial charge on any atom is 0.222 e. The van der Waals surface area contributed by atoms with E-state index in [1.165, 1.54) is 24.2 Å². The average molecular weight is 332 g/mol. The van der Waals surface area contributed by atoms with Crippen molar-refractivity contribution >= 4 is 11.8 Å². The van der Waals surface area contributed by atoms with E-state index in [0.29, 0.717) is 6.04 Å². The predicted molar refractivity (Wildman–Crippen MR) is 94.1 cm³/mol. The summed E-state index contributed by atoms with van der Waals surface area (Å²) in [5, 5.41) is 4.56. The van der Waals surface area contributed by atoms with E-state index in [2.05, 4.69) is 28.2 Å². The molecule has 0 N–H and O–H groups in total.